The van der Waals surface area contributed by atoms with E-state index in [0.29, 0.717) is 12.1 Å². The van der Waals surface area contributed by atoms with Crippen LogP contribution < -0.4 is 10.3 Å². The Morgan fingerprint density at radius 3 is 2.00 bits per heavy atom. The molecule has 0 bridgehead atoms. The summed E-state index contributed by atoms with van der Waals surface area (Å²) in [7, 11) is 2.33. The van der Waals surface area contributed by atoms with Crippen molar-refractivity contribution in [1.29, 1.82) is 0 Å². The van der Waals surface area contributed by atoms with Gasteiger partial charge in [-0.15, -0.1) is 0 Å². The number of aryl methyl sites for hydroxylation is 2. The number of ether oxygens (including phenoxy) is 1. The molecule has 138 valence electrons. The molecule has 0 saturated carbocycles. The fourth-order valence-electron chi connectivity index (χ4n) is 2.58. The van der Waals surface area contributed by atoms with Gasteiger partial charge in [-0.2, -0.15) is 26.3 Å². The van der Waals surface area contributed by atoms with Gasteiger partial charge in [0.05, 0.1) is 12.6 Å². The van der Waals surface area contributed by atoms with E-state index in [9.17, 15) is 36.2 Å². The van der Waals surface area contributed by atoms with Crippen LogP contribution in [0.25, 0.3) is 10.9 Å². The summed E-state index contributed by atoms with van der Waals surface area (Å²) in [4.78, 5) is 11.8. The number of hydrogen-bond donors (Lipinski definition) is 1. The lowest BCUT2D eigenvalue weighted by atomic mass is 9.90. The van der Waals surface area contributed by atoms with Crippen molar-refractivity contribution in [2.45, 2.75) is 24.9 Å². The number of rotatable bonds is 2. The first-order valence-electron chi connectivity index (χ1n) is 6.80. The topological polar surface area (TPSA) is 51.5 Å². The lowest BCUT2D eigenvalue weighted by Gasteiger charge is -2.33. The molecule has 10 heteroatoms. The van der Waals surface area contributed by atoms with Gasteiger partial charge in [-0.1, -0.05) is 0 Å². The summed E-state index contributed by atoms with van der Waals surface area (Å²) >= 11 is 0. The standard InChI is InChI=1S/C15H13F6NO3/c1-7-4-11(23)22(2)12-9(7)5-8(6-10(12)25-3)13(24,14(16,17)18)15(19,20)21/h4-6,24H,1-3H3. The Kier molecular flexibility index (Phi) is 4.32. The molecule has 0 atom stereocenters. The number of methoxy groups -OCH3 is 1. The fourth-order valence-corrected chi connectivity index (χ4v) is 2.58. The lowest BCUT2D eigenvalue weighted by molar-refractivity contribution is -0.376. The third kappa shape index (κ3) is 2.74. The number of alkyl halides is 6. The van der Waals surface area contributed by atoms with E-state index in [2.05, 4.69) is 0 Å². The van der Waals surface area contributed by atoms with E-state index >= 15 is 0 Å². The normalized spacial score (nSPS) is 13.4. The largest absolute Gasteiger partial charge is 0.495 e. The minimum atomic E-state index is -6.02. The van der Waals surface area contributed by atoms with Crippen molar-refractivity contribution in [3.05, 3.63) is 39.7 Å². The van der Waals surface area contributed by atoms with Crippen LogP contribution in [0.2, 0.25) is 0 Å². The summed E-state index contributed by atoms with van der Waals surface area (Å²) in [6.45, 7) is 1.35. The van der Waals surface area contributed by atoms with Gasteiger partial charge in [-0.05, 0) is 24.6 Å². The minimum Gasteiger partial charge on any atom is -0.495 e. The molecule has 25 heavy (non-hydrogen) atoms. The predicted molar refractivity (Wildman–Crippen MR) is 76.5 cm³/mol. The van der Waals surface area contributed by atoms with Crippen LogP contribution in [-0.2, 0) is 12.6 Å². The Balaban J connectivity index is 3.00. The van der Waals surface area contributed by atoms with Crippen LogP contribution >= 0.6 is 0 Å². The van der Waals surface area contributed by atoms with Crippen LogP contribution in [0.3, 0.4) is 0 Å². The third-order valence-corrected chi connectivity index (χ3v) is 3.96. The highest BCUT2D eigenvalue weighted by Crippen LogP contribution is 2.51. The number of hydrogen-bond acceptors (Lipinski definition) is 3. The van der Waals surface area contributed by atoms with Crippen LogP contribution in [0.15, 0.2) is 23.0 Å². The average Bonchev–Trinajstić information content (AvgIpc) is 2.48. The molecule has 1 heterocycles. The number of aromatic nitrogens is 1. The van der Waals surface area contributed by atoms with Gasteiger partial charge in [0.25, 0.3) is 11.2 Å². The third-order valence-electron chi connectivity index (χ3n) is 3.96. The van der Waals surface area contributed by atoms with Gasteiger partial charge < -0.3 is 14.4 Å². The summed E-state index contributed by atoms with van der Waals surface area (Å²) in [6, 6.07) is 2.06. The summed E-state index contributed by atoms with van der Waals surface area (Å²) in [5.74, 6) is -0.400. The molecule has 4 nitrogen and oxygen atoms in total. The second kappa shape index (κ2) is 5.65. The molecule has 0 fully saturated rings. The first-order valence-corrected chi connectivity index (χ1v) is 6.80. The van der Waals surface area contributed by atoms with E-state index in [1.807, 2.05) is 0 Å². The van der Waals surface area contributed by atoms with Crippen molar-refractivity contribution >= 4 is 10.9 Å². The van der Waals surface area contributed by atoms with Gasteiger partial charge >= 0.3 is 12.4 Å². The Morgan fingerprint density at radius 2 is 1.56 bits per heavy atom. The molecule has 2 rings (SSSR count). The maximum atomic E-state index is 13.1. The Morgan fingerprint density at radius 1 is 1.04 bits per heavy atom. The summed E-state index contributed by atoms with van der Waals surface area (Å²) in [6.07, 6.45) is -12.0. The monoisotopic (exact) mass is 369 g/mol. The number of benzene rings is 1. The number of pyridine rings is 1. The van der Waals surface area contributed by atoms with Crippen molar-refractivity contribution in [2.24, 2.45) is 7.05 Å². The summed E-state index contributed by atoms with van der Waals surface area (Å²) in [5.41, 5.74) is -6.88. The fraction of sp³-hybridized carbons (Fsp3) is 0.400. The van der Waals surface area contributed by atoms with Crippen LogP contribution in [0.5, 0.6) is 5.75 Å². The molecule has 1 aromatic carbocycles. The second-order valence-corrected chi connectivity index (χ2v) is 5.51. The van der Waals surface area contributed by atoms with Crippen molar-refractivity contribution in [1.82, 2.24) is 4.57 Å². The van der Waals surface area contributed by atoms with Crippen molar-refractivity contribution in [3.63, 3.8) is 0 Å². The van der Waals surface area contributed by atoms with Crippen molar-refractivity contribution in [2.75, 3.05) is 7.11 Å². The molecular weight excluding hydrogens is 356 g/mol. The molecule has 0 radical (unpaired) electrons. The van der Waals surface area contributed by atoms with Crippen LogP contribution in [-0.4, -0.2) is 29.1 Å². The van der Waals surface area contributed by atoms with E-state index in [1.165, 1.54) is 14.0 Å². The highest BCUT2D eigenvalue weighted by atomic mass is 19.4. The zero-order chi connectivity index (χ0) is 19.4. The molecule has 0 amide bonds. The van der Waals surface area contributed by atoms with Crippen LogP contribution in [0.1, 0.15) is 11.1 Å². The first kappa shape index (κ1) is 19.1. The van der Waals surface area contributed by atoms with E-state index in [1.54, 1.807) is 0 Å². The van der Waals surface area contributed by atoms with Gasteiger partial charge in [0.2, 0.25) is 0 Å². The second-order valence-electron chi connectivity index (χ2n) is 5.51. The van der Waals surface area contributed by atoms with Gasteiger partial charge in [0.15, 0.2) is 0 Å². The molecule has 0 aliphatic heterocycles. The lowest BCUT2D eigenvalue weighted by Crippen LogP contribution is -2.53. The Hall–Kier alpha value is -2.23. The maximum absolute atomic E-state index is 13.1. The Bertz CT molecular complexity index is 868. The van der Waals surface area contributed by atoms with Crippen molar-refractivity contribution in [3.8, 4) is 5.75 Å². The molecule has 2 aromatic rings. The van der Waals surface area contributed by atoms with Gasteiger partial charge in [0.1, 0.15) is 5.75 Å². The number of halogens is 6. The molecule has 0 aliphatic rings. The first-order chi connectivity index (χ1) is 11.3. The molecule has 0 saturated heterocycles. The molecular formula is C15H13F6NO3. The number of aliphatic hydroxyl groups is 1. The zero-order valence-corrected chi connectivity index (χ0v) is 13.2. The molecule has 0 unspecified atom stereocenters. The van der Waals surface area contributed by atoms with E-state index < -0.39 is 34.8 Å². The highest BCUT2D eigenvalue weighted by molar-refractivity contribution is 5.88. The number of fused-ring (bicyclic) bond motifs is 1. The molecule has 0 spiro atoms. The molecule has 1 aromatic heterocycles. The van der Waals surface area contributed by atoms with Gasteiger partial charge in [0, 0.05) is 24.1 Å². The molecule has 1 N–H and O–H groups in total. The van der Waals surface area contributed by atoms with Crippen LogP contribution in [0, 0.1) is 6.92 Å². The number of nitrogens with zero attached hydrogens (tertiary/aromatic N) is 1. The van der Waals surface area contributed by atoms with Gasteiger partial charge in [-0.25, -0.2) is 0 Å². The summed E-state index contributed by atoms with van der Waals surface area (Å²) < 4.78 is 84.5. The highest BCUT2D eigenvalue weighted by Gasteiger charge is 2.71. The smallest absolute Gasteiger partial charge is 0.430 e. The summed E-state index contributed by atoms with van der Waals surface area (Å²) in [5, 5.41) is 9.50. The average molecular weight is 369 g/mol. The quantitative estimate of drug-likeness (QED) is 0.828. The van der Waals surface area contributed by atoms with Crippen molar-refractivity contribution < 1.29 is 36.2 Å². The predicted octanol–water partition coefficient (Wildman–Crippen LogP) is 3.17. The van der Waals surface area contributed by atoms with Gasteiger partial charge in [-0.3, -0.25) is 4.79 Å². The Labute approximate surface area is 137 Å². The SMILES string of the molecule is COc1cc(C(O)(C(F)(F)F)C(F)(F)F)cc2c(C)cc(=O)n(C)c12. The van der Waals surface area contributed by atoms with E-state index in [-0.39, 0.29) is 16.5 Å². The van der Waals surface area contributed by atoms with Crippen LogP contribution in [0.4, 0.5) is 26.3 Å². The maximum Gasteiger partial charge on any atom is 0.430 e. The molecule has 0 aliphatic carbocycles. The minimum absolute atomic E-state index is 0.0166. The van der Waals surface area contributed by atoms with E-state index in [0.717, 1.165) is 17.7 Å². The van der Waals surface area contributed by atoms with E-state index in [4.69, 9.17) is 4.74 Å². The zero-order valence-electron chi connectivity index (χ0n) is 13.2.